The normalized spacial score (nSPS) is 14.5. The fraction of sp³-hybridized carbons (Fsp3) is 0.250. The summed E-state index contributed by atoms with van der Waals surface area (Å²) in [5.74, 6) is -0.250. The van der Waals surface area contributed by atoms with Gasteiger partial charge in [0, 0.05) is 38.3 Å². The molecule has 0 radical (unpaired) electrons. The van der Waals surface area contributed by atoms with E-state index in [0.29, 0.717) is 18.7 Å². The van der Waals surface area contributed by atoms with Crippen LogP contribution in [0.1, 0.15) is 15.9 Å². The Morgan fingerprint density at radius 1 is 0.900 bits per heavy atom. The fourth-order valence-electron chi connectivity index (χ4n) is 3.64. The lowest BCUT2D eigenvalue weighted by Crippen LogP contribution is -2.50. The predicted molar refractivity (Wildman–Crippen MR) is 120 cm³/mol. The molecule has 1 N–H and O–H groups in total. The van der Waals surface area contributed by atoms with E-state index >= 15 is 0 Å². The minimum absolute atomic E-state index is 0.0280. The van der Waals surface area contributed by atoms with Gasteiger partial charge in [-0.2, -0.15) is 11.3 Å². The van der Waals surface area contributed by atoms with Crippen LogP contribution in [0.15, 0.2) is 71.4 Å². The summed E-state index contributed by atoms with van der Waals surface area (Å²) in [6, 6.07) is 19.9. The van der Waals surface area contributed by atoms with Crippen LogP contribution in [0.4, 0.5) is 0 Å². The van der Waals surface area contributed by atoms with Crippen molar-refractivity contribution in [2.75, 3.05) is 32.7 Å². The molecule has 30 heavy (non-hydrogen) atoms. The number of carbonyl (C=O) groups is 2. The third kappa shape index (κ3) is 5.14. The number of nitrogens with one attached hydrogen (secondary N) is 1. The molecule has 6 heteroatoms. The summed E-state index contributed by atoms with van der Waals surface area (Å²) in [5, 5.41) is 6.85. The van der Waals surface area contributed by atoms with Crippen LogP contribution in [0.2, 0.25) is 0 Å². The second-order valence-electron chi connectivity index (χ2n) is 7.42. The molecule has 154 valence electrons. The van der Waals surface area contributed by atoms with E-state index in [0.717, 1.165) is 30.8 Å². The first kappa shape index (κ1) is 20.3. The maximum Gasteiger partial charge on any atom is 0.251 e. The van der Waals surface area contributed by atoms with Crippen molar-refractivity contribution in [2.45, 2.75) is 6.54 Å². The van der Waals surface area contributed by atoms with Crippen molar-refractivity contribution in [1.82, 2.24) is 15.1 Å². The van der Waals surface area contributed by atoms with E-state index in [9.17, 15) is 9.59 Å². The van der Waals surface area contributed by atoms with Crippen LogP contribution in [-0.2, 0) is 11.3 Å². The Hall–Kier alpha value is -2.96. The molecule has 2 aromatic carbocycles. The van der Waals surface area contributed by atoms with Gasteiger partial charge in [0.2, 0.25) is 5.91 Å². The molecule has 2 heterocycles. The summed E-state index contributed by atoms with van der Waals surface area (Å²) >= 11 is 1.62. The molecule has 1 aliphatic rings. The standard InChI is InChI=1S/C24H25N3O2S/c28-23(27-12-10-26(11-13-27)17-19-5-2-1-3-6-19)16-25-24(29)21-8-4-7-20(15-21)22-9-14-30-18-22/h1-9,14-15,18H,10-13,16-17H2,(H,25,29). The van der Waals surface area contributed by atoms with E-state index in [-0.39, 0.29) is 18.4 Å². The third-order valence-electron chi connectivity index (χ3n) is 5.35. The Morgan fingerprint density at radius 2 is 1.70 bits per heavy atom. The summed E-state index contributed by atoms with van der Waals surface area (Å²) < 4.78 is 0. The van der Waals surface area contributed by atoms with Crippen LogP contribution in [0.3, 0.4) is 0 Å². The number of amides is 2. The molecule has 0 unspecified atom stereocenters. The van der Waals surface area contributed by atoms with E-state index in [2.05, 4.69) is 27.7 Å². The molecular formula is C24H25N3O2S. The Balaban J connectivity index is 1.25. The van der Waals surface area contributed by atoms with Crippen LogP contribution < -0.4 is 5.32 Å². The van der Waals surface area contributed by atoms with Gasteiger partial charge in [-0.05, 0) is 45.6 Å². The zero-order valence-corrected chi connectivity index (χ0v) is 17.6. The fourth-order valence-corrected chi connectivity index (χ4v) is 4.30. The van der Waals surface area contributed by atoms with E-state index < -0.39 is 0 Å². The van der Waals surface area contributed by atoms with E-state index in [1.807, 2.05) is 52.7 Å². The van der Waals surface area contributed by atoms with Crippen molar-refractivity contribution in [1.29, 1.82) is 0 Å². The molecule has 5 nitrogen and oxygen atoms in total. The van der Waals surface area contributed by atoms with E-state index in [4.69, 9.17) is 0 Å². The molecular weight excluding hydrogens is 394 g/mol. The Bertz CT molecular complexity index is 981. The first-order valence-electron chi connectivity index (χ1n) is 10.1. The Labute approximate surface area is 180 Å². The van der Waals surface area contributed by atoms with Gasteiger partial charge < -0.3 is 10.2 Å². The molecule has 2 amide bonds. The van der Waals surface area contributed by atoms with Crippen molar-refractivity contribution in [3.8, 4) is 11.1 Å². The molecule has 4 rings (SSSR count). The number of carbonyl (C=O) groups excluding carboxylic acids is 2. The molecule has 0 aliphatic carbocycles. The highest BCUT2D eigenvalue weighted by Gasteiger charge is 2.21. The zero-order valence-electron chi connectivity index (χ0n) is 16.8. The number of hydrogen-bond acceptors (Lipinski definition) is 4. The number of piperazine rings is 1. The average Bonchev–Trinajstić information content (AvgIpc) is 3.34. The quantitative estimate of drug-likeness (QED) is 0.666. The topological polar surface area (TPSA) is 52.7 Å². The molecule has 0 bridgehead atoms. The van der Waals surface area contributed by atoms with Gasteiger partial charge in [0.05, 0.1) is 6.54 Å². The largest absolute Gasteiger partial charge is 0.343 e. The SMILES string of the molecule is O=C(NCC(=O)N1CCN(Cc2ccccc2)CC1)c1cccc(-c2ccsc2)c1. The number of benzene rings is 2. The predicted octanol–water partition coefficient (Wildman–Crippen LogP) is 3.49. The van der Waals surface area contributed by atoms with Gasteiger partial charge in [-0.3, -0.25) is 14.5 Å². The molecule has 0 atom stereocenters. The third-order valence-corrected chi connectivity index (χ3v) is 6.04. The Kier molecular flexibility index (Phi) is 6.57. The van der Waals surface area contributed by atoms with Gasteiger partial charge in [0.25, 0.3) is 5.91 Å². The molecule has 1 aromatic heterocycles. The van der Waals surface area contributed by atoms with Gasteiger partial charge in [-0.1, -0.05) is 42.5 Å². The van der Waals surface area contributed by atoms with Gasteiger partial charge in [0.15, 0.2) is 0 Å². The summed E-state index contributed by atoms with van der Waals surface area (Å²) in [6.07, 6.45) is 0. The van der Waals surface area contributed by atoms with Crippen molar-refractivity contribution in [2.24, 2.45) is 0 Å². The van der Waals surface area contributed by atoms with Crippen LogP contribution in [0, 0.1) is 0 Å². The molecule has 1 aliphatic heterocycles. The molecule has 3 aromatic rings. The van der Waals surface area contributed by atoms with Gasteiger partial charge >= 0.3 is 0 Å². The van der Waals surface area contributed by atoms with E-state index in [1.54, 1.807) is 17.4 Å². The maximum atomic E-state index is 12.5. The highest BCUT2D eigenvalue weighted by molar-refractivity contribution is 7.08. The first-order chi connectivity index (χ1) is 14.7. The van der Waals surface area contributed by atoms with Crippen LogP contribution in [0.25, 0.3) is 11.1 Å². The number of hydrogen-bond donors (Lipinski definition) is 1. The summed E-state index contributed by atoms with van der Waals surface area (Å²) in [5.41, 5.74) is 3.96. The zero-order chi connectivity index (χ0) is 20.8. The summed E-state index contributed by atoms with van der Waals surface area (Å²) in [4.78, 5) is 29.3. The number of thiophene rings is 1. The Morgan fingerprint density at radius 3 is 2.43 bits per heavy atom. The van der Waals surface area contributed by atoms with Crippen LogP contribution in [0.5, 0.6) is 0 Å². The van der Waals surface area contributed by atoms with Crippen LogP contribution in [-0.4, -0.2) is 54.3 Å². The first-order valence-corrected chi connectivity index (χ1v) is 11.1. The number of nitrogens with zero attached hydrogens (tertiary/aromatic N) is 2. The highest BCUT2D eigenvalue weighted by atomic mass is 32.1. The molecule has 1 fully saturated rings. The van der Waals surface area contributed by atoms with Crippen molar-refractivity contribution < 1.29 is 9.59 Å². The van der Waals surface area contributed by atoms with Gasteiger partial charge in [-0.15, -0.1) is 0 Å². The monoisotopic (exact) mass is 419 g/mol. The van der Waals surface area contributed by atoms with Gasteiger partial charge in [0.1, 0.15) is 0 Å². The second kappa shape index (κ2) is 9.69. The lowest BCUT2D eigenvalue weighted by molar-refractivity contribution is -0.131. The van der Waals surface area contributed by atoms with Crippen LogP contribution >= 0.6 is 11.3 Å². The van der Waals surface area contributed by atoms with Gasteiger partial charge in [-0.25, -0.2) is 0 Å². The summed E-state index contributed by atoms with van der Waals surface area (Å²) in [7, 11) is 0. The lowest BCUT2D eigenvalue weighted by atomic mass is 10.1. The molecule has 0 spiro atoms. The molecule has 0 saturated carbocycles. The number of rotatable bonds is 6. The van der Waals surface area contributed by atoms with Crippen molar-refractivity contribution >= 4 is 23.2 Å². The summed E-state index contributed by atoms with van der Waals surface area (Å²) in [6.45, 7) is 4.00. The molecule has 1 saturated heterocycles. The second-order valence-corrected chi connectivity index (χ2v) is 8.20. The van der Waals surface area contributed by atoms with Crippen molar-refractivity contribution in [3.05, 3.63) is 82.6 Å². The smallest absolute Gasteiger partial charge is 0.251 e. The lowest BCUT2D eigenvalue weighted by Gasteiger charge is -2.34. The van der Waals surface area contributed by atoms with Crippen molar-refractivity contribution in [3.63, 3.8) is 0 Å². The highest BCUT2D eigenvalue weighted by Crippen LogP contribution is 2.22. The van der Waals surface area contributed by atoms with E-state index in [1.165, 1.54) is 5.56 Å². The average molecular weight is 420 g/mol. The minimum Gasteiger partial charge on any atom is -0.343 e. The minimum atomic E-state index is -0.219. The maximum absolute atomic E-state index is 12.5.